The van der Waals surface area contributed by atoms with Crippen LogP contribution in [0.3, 0.4) is 0 Å². The summed E-state index contributed by atoms with van der Waals surface area (Å²) in [5, 5.41) is 10.5. The Morgan fingerprint density at radius 1 is 0.270 bits per heavy atom. The minimum Gasteiger partial charge on any atom is -0.491 e. The summed E-state index contributed by atoms with van der Waals surface area (Å²) in [4.78, 5) is 0. The van der Waals surface area contributed by atoms with Crippen molar-refractivity contribution in [3.8, 4) is 54.9 Å². The lowest BCUT2D eigenvalue weighted by molar-refractivity contribution is -0.00659. The lowest BCUT2D eigenvalue weighted by Crippen LogP contribution is -2.13. The molecule has 0 radical (unpaired) electrons. The highest BCUT2D eigenvalue weighted by atomic mass is 32.1. The largest absolute Gasteiger partial charge is 0.491 e. The van der Waals surface area contributed by atoms with Crippen molar-refractivity contribution < 1.29 is 47.4 Å². The fraction of sp³-hybridized carbons (Fsp3) is 0.360. The molecule has 13 heterocycles. The molecule has 5 aromatic carbocycles. The molecule has 0 spiro atoms. The van der Waals surface area contributed by atoms with E-state index in [0.717, 1.165) is 54.9 Å². The van der Waals surface area contributed by atoms with Gasteiger partial charge in [0.15, 0.2) is 0 Å². The summed E-state index contributed by atoms with van der Waals surface area (Å²) in [6.07, 6.45) is 0. The Morgan fingerprint density at radius 2 is 0.524 bits per heavy atom. The van der Waals surface area contributed by atoms with Gasteiger partial charge in [-0.3, -0.25) is 0 Å². The fourth-order valence-corrected chi connectivity index (χ4v) is 7.28. The van der Waals surface area contributed by atoms with Crippen molar-refractivity contribution in [2.24, 2.45) is 0 Å². The maximum atomic E-state index is 5.86. The molecule has 12 aliphatic heterocycles. The van der Waals surface area contributed by atoms with Crippen molar-refractivity contribution >= 4 is 11.3 Å². The average Bonchev–Trinajstić information content (AvgIpc) is 3.83. The highest BCUT2D eigenvalue weighted by Crippen LogP contribution is 2.32. The Kier molecular flexibility index (Phi) is 19.4. The first kappa shape index (κ1) is 45.9. The first-order valence-electron chi connectivity index (χ1n) is 21.5. The third-order valence-electron chi connectivity index (χ3n) is 9.85. The van der Waals surface area contributed by atoms with E-state index in [1.807, 2.05) is 48.5 Å². The van der Waals surface area contributed by atoms with Crippen LogP contribution in [0.5, 0.6) is 11.5 Å². The van der Waals surface area contributed by atoms with Crippen LogP contribution in [0.4, 0.5) is 0 Å². The van der Waals surface area contributed by atoms with Gasteiger partial charge in [-0.25, -0.2) is 0 Å². The van der Waals surface area contributed by atoms with Crippen LogP contribution in [0, 0.1) is 0 Å². The number of ether oxygens (including phenoxy) is 10. The summed E-state index contributed by atoms with van der Waals surface area (Å²) in [6, 6.07) is 41.3. The molecule has 0 aliphatic carbocycles. The van der Waals surface area contributed by atoms with Crippen molar-refractivity contribution in [1.82, 2.24) is 10.2 Å². The van der Waals surface area contributed by atoms with Gasteiger partial charge in [-0.1, -0.05) is 84.1 Å². The van der Waals surface area contributed by atoms with Crippen molar-refractivity contribution in [2.45, 2.75) is 13.2 Å². The second-order valence-electron chi connectivity index (χ2n) is 14.4. The molecule has 0 fully saturated rings. The van der Waals surface area contributed by atoms with Crippen LogP contribution in [0.25, 0.3) is 43.4 Å². The first-order valence-corrected chi connectivity index (χ1v) is 22.3. The molecule has 12 bridgehead atoms. The molecule has 6 aromatic rings. The van der Waals surface area contributed by atoms with Gasteiger partial charge in [0.05, 0.1) is 106 Å². The second-order valence-corrected chi connectivity index (χ2v) is 15.4. The molecule has 0 N–H and O–H groups in total. The van der Waals surface area contributed by atoms with Crippen molar-refractivity contribution in [2.75, 3.05) is 106 Å². The molecule has 63 heavy (non-hydrogen) atoms. The van der Waals surface area contributed by atoms with Crippen LogP contribution in [0.15, 0.2) is 121 Å². The highest BCUT2D eigenvalue weighted by Gasteiger charge is 2.10. The molecule has 0 amide bonds. The highest BCUT2D eigenvalue weighted by molar-refractivity contribution is 7.17. The minimum atomic E-state index is 0.438. The van der Waals surface area contributed by atoms with Crippen LogP contribution in [0.1, 0.15) is 11.1 Å². The number of benzene rings is 5. The van der Waals surface area contributed by atoms with Crippen molar-refractivity contribution in [1.29, 1.82) is 0 Å². The summed E-state index contributed by atoms with van der Waals surface area (Å²) in [5.41, 5.74) is 8.84. The summed E-state index contributed by atoms with van der Waals surface area (Å²) < 4.78 is 57.3. The van der Waals surface area contributed by atoms with Gasteiger partial charge in [-0.15, -0.1) is 10.2 Å². The molecule has 12 nitrogen and oxygen atoms in total. The monoisotopic (exact) mass is 876 g/mol. The quantitative estimate of drug-likeness (QED) is 0.145. The Labute approximate surface area is 373 Å². The van der Waals surface area contributed by atoms with Gasteiger partial charge in [-0.05, 0) is 81.9 Å². The zero-order valence-corrected chi connectivity index (χ0v) is 36.5. The molecule has 18 rings (SSSR count). The van der Waals surface area contributed by atoms with E-state index in [4.69, 9.17) is 47.4 Å². The van der Waals surface area contributed by atoms with Gasteiger partial charge in [-0.2, -0.15) is 0 Å². The predicted octanol–water partition coefficient (Wildman–Crippen LogP) is 8.81. The number of aromatic nitrogens is 2. The minimum absolute atomic E-state index is 0.438. The van der Waals surface area contributed by atoms with E-state index in [1.54, 1.807) is 0 Å². The normalized spacial score (nSPS) is 16.8. The van der Waals surface area contributed by atoms with Crippen LogP contribution in [0.2, 0.25) is 0 Å². The fourth-order valence-electron chi connectivity index (χ4n) is 6.42. The Balaban J connectivity index is 0.831. The smallest absolute Gasteiger partial charge is 0.148 e. The summed E-state index contributed by atoms with van der Waals surface area (Å²) in [6.45, 7) is 8.85. The Morgan fingerprint density at radius 3 is 0.841 bits per heavy atom. The van der Waals surface area contributed by atoms with Crippen LogP contribution in [-0.2, 0) is 51.1 Å². The van der Waals surface area contributed by atoms with E-state index in [9.17, 15) is 0 Å². The number of hydrogen-bond acceptors (Lipinski definition) is 13. The van der Waals surface area contributed by atoms with Gasteiger partial charge in [0, 0.05) is 11.1 Å². The average molecular weight is 877 g/mol. The molecular formula is C50H56N2O10S. The second kappa shape index (κ2) is 26.5. The summed E-state index contributed by atoms with van der Waals surface area (Å²) in [5.74, 6) is 1.53. The van der Waals surface area contributed by atoms with E-state index in [0.29, 0.717) is 119 Å². The third kappa shape index (κ3) is 15.9. The molecule has 13 heteroatoms. The standard InChI is InChI=1S/C50H56N2O10S/c1-5-41-6-2-39(1)37-59-31-29-55-23-21-53-25-27-57-33-35-61-47-17-13-45(14-18-47)49-51-52-50(63-49)46-15-19-48(20-16-46)62-36-34-58-28-26-54-22-24-56-30-32-60-38-40-3-7-42(8-4-40)44-11-9-43(41)10-12-44/h1-20H,21-38H2. The zero-order valence-electron chi connectivity index (χ0n) is 35.7. The molecule has 0 saturated heterocycles. The molecule has 0 unspecified atom stereocenters. The maximum Gasteiger partial charge on any atom is 0.148 e. The van der Waals surface area contributed by atoms with E-state index in [-0.39, 0.29) is 0 Å². The number of rotatable bonds is 0. The van der Waals surface area contributed by atoms with Crippen molar-refractivity contribution in [3.63, 3.8) is 0 Å². The van der Waals surface area contributed by atoms with Gasteiger partial charge >= 0.3 is 0 Å². The first-order chi connectivity index (χ1) is 31.3. The van der Waals surface area contributed by atoms with E-state index in [1.165, 1.54) is 22.5 Å². The van der Waals surface area contributed by atoms with Gasteiger partial charge < -0.3 is 47.4 Å². The van der Waals surface area contributed by atoms with Crippen LogP contribution >= 0.6 is 11.3 Å². The topological polar surface area (TPSA) is 118 Å². The lowest BCUT2D eigenvalue weighted by Gasteiger charge is -2.09. The zero-order chi connectivity index (χ0) is 43.0. The van der Waals surface area contributed by atoms with E-state index >= 15 is 0 Å². The molecule has 0 atom stereocenters. The van der Waals surface area contributed by atoms with Crippen molar-refractivity contribution in [3.05, 3.63) is 132 Å². The van der Waals surface area contributed by atoms with Crippen LogP contribution < -0.4 is 9.47 Å². The maximum absolute atomic E-state index is 5.86. The molecule has 0 saturated carbocycles. The van der Waals surface area contributed by atoms with Gasteiger partial charge in [0.2, 0.25) is 0 Å². The Bertz CT molecular complexity index is 2000. The lowest BCUT2D eigenvalue weighted by atomic mass is 9.99. The predicted molar refractivity (Wildman–Crippen MR) is 243 cm³/mol. The van der Waals surface area contributed by atoms with E-state index < -0.39 is 0 Å². The molecular weight excluding hydrogens is 821 g/mol. The molecule has 332 valence electrons. The summed E-state index contributed by atoms with van der Waals surface area (Å²) in [7, 11) is 0. The number of hydrogen-bond donors (Lipinski definition) is 0. The third-order valence-corrected chi connectivity index (χ3v) is 10.9. The molecule has 1 aromatic heterocycles. The van der Waals surface area contributed by atoms with Crippen LogP contribution in [-0.4, -0.2) is 116 Å². The number of nitrogens with zero attached hydrogens (tertiary/aromatic N) is 2. The molecule has 12 aliphatic rings. The van der Waals surface area contributed by atoms with Gasteiger partial charge in [0.25, 0.3) is 0 Å². The SMILES string of the molecule is c1cc2ccc1COCCOCCOCCOCCOc1ccc(cc1)-c1nnc(s1)-c1ccc(cc1)OCCOCCOCCOCCOCc1ccc(cc1)-c1ccc-2cc1. The Hall–Kier alpha value is -5.06. The van der Waals surface area contributed by atoms with E-state index in [2.05, 4.69) is 83.0 Å². The summed E-state index contributed by atoms with van der Waals surface area (Å²) >= 11 is 1.53. The van der Waals surface area contributed by atoms with Gasteiger partial charge in [0.1, 0.15) is 34.7 Å².